The van der Waals surface area contributed by atoms with Gasteiger partial charge in [0.05, 0.1) is 21.3 Å². The number of methoxy groups -OCH3 is 3. The van der Waals surface area contributed by atoms with Crippen LogP contribution < -0.4 is 14.2 Å². The maximum absolute atomic E-state index is 13.3. The number of carbonyl (C=O) groups is 2. The molecule has 0 atom stereocenters. The molecule has 2 saturated carbocycles. The van der Waals surface area contributed by atoms with Gasteiger partial charge in [0.15, 0.2) is 0 Å². The predicted molar refractivity (Wildman–Crippen MR) is 141 cm³/mol. The Labute approximate surface area is 224 Å². The predicted octanol–water partition coefficient (Wildman–Crippen LogP) is 6.04. The second kappa shape index (κ2) is 13.0. The number of ether oxygens (including phenoxy) is 5. The quantitative estimate of drug-likeness (QED) is 0.172. The highest BCUT2D eigenvalue weighted by Gasteiger charge is 2.38. The van der Waals surface area contributed by atoms with Crippen LogP contribution in [0.4, 0.5) is 4.79 Å². The Morgan fingerprint density at radius 1 is 0.895 bits per heavy atom. The number of azide groups is 1. The van der Waals surface area contributed by atoms with Crippen LogP contribution >= 0.6 is 0 Å². The van der Waals surface area contributed by atoms with Crippen molar-refractivity contribution in [1.29, 1.82) is 0 Å². The van der Waals surface area contributed by atoms with Crippen LogP contribution in [0.15, 0.2) is 17.2 Å². The maximum atomic E-state index is 13.3. The summed E-state index contributed by atoms with van der Waals surface area (Å²) in [6.45, 7) is 5.58. The molecule has 11 heteroatoms. The minimum absolute atomic E-state index is 0.0203. The lowest BCUT2D eigenvalue weighted by Crippen LogP contribution is -2.52. The molecule has 1 aromatic carbocycles. The molecule has 0 heterocycles. The van der Waals surface area contributed by atoms with E-state index in [0.29, 0.717) is 42.9 Å². The zero-order valence-corrected chi connectivity index (χ0v) is 23.3. The van der Waals surface area contributed by atoms with E-state index in [0.717, 1.165) is 25.7 Å². The van der Waals surface area contributed by atoms with E-state index in [-0.39, 0.29) is 35.9 Å². The van der Waals surface area contributed by atoms with Gasteiger partial charge in [0.1, 0.15) is 34.5 Å². The molecular weight excluding hydrogens is 492 g/mol. The molecule has 0 saturated heterocycles. The van der Waals surface area contributed by atoms with Crippen molar-refractivity contribution in [2.75, 3.05) is 21.3 Å². The van der Waals surface area contributed by atoms with Crippen LogP contribution in [0.2, 0.25) is 0 Å². The van der Waals surface area contributed by atoms with Crippen molar-refractivity contribution in [2.45, 2.75) is 102 Å². The summed E-state index contributed by atoms with van der Waals surface area (Å²) in [5.41, 5.74) is 8.38. The molecule has 0 unspecified atom stereocenters. The smallest absolute Gasteiger partial charge is 0.410 e. The highest BCUT2D eigenvalue weighted by atomic mass is 16.6. The molecule has 210 valence electrons. The van der Waals surface area contributed by atoms with Crippen molar-refractivity contribution < 1.29 is 33.3 Å². The van der Waals surface area contributed by atoms with Gasteiger partial charge in [-0.2, -0.15) is 0 Å². The maximum Gasteiger partial charge on any atom is 0.410 e. The highest BCUT2D eigenvalue weighted by molar-refractivity contribution is 5.96. The van der Waals surface area contributed by atoms with E-state index in [2.05, 4.69) is 10.0 Å². The van der Waals surface area contributed by atoms with Crippen molar-refractivity contribution in [3.8, 4) is 17.2 Å². The molecule has 3 rings (SSSR count). The molecule has 2 aliphatic carbocycles. The van der Waals surface area contributed by atoms with Crippen LogP contribution in [0.3, 0.4) is 0 Å². The van der Waals surface area contributed by atoms with Gasteiger partial charge in [-0.15, -0.1) is 0 Å². The molecule has 1 aromatic rings. The molecule has 2 aliphatic rings. The lowest BCUT2D eigenvalue weighted by Gasteiger charge is -2.43. The Kier molecular flexibility index (Phi) is 9.96. The standard InChI is InChI=1S/C27H40N4O7/c1-27(2,3)38-26(33)31(18-9-7-17(8-10-18)29-30-28)19-11-13-20(14-12-19)37-25(32)24-22(35-5)15-21(34-4)16-23(24)36-6/h15-20H,7-14H2,1-6H3. The monoisotopic (exact) mass is 532 g/mol. The number of carbonyl (C=O) groups excluding carboxylic acids is 2. The van der Waals surface area contributed by atoms with E-state index in [1.165, 1.54) is 21.3 Å². The number of rotatable bonds is 8. The Hall–Kier alpha value is -3.33. The molecule has 1 amide bonds. The first-order chi connectivity index (χ1) is 18.1. The summed E-state index contributed by atoms with van der Waals surface area (Å²) in [7, 11) is 4.47. The van der Waals surface area contributed by atoms with Crippen molar-refractivity contribution in [3.05, 3.63) is 28.1 Å². The normalized spacial score (nSPS) is 23.4. The summed E-state index contributed by atoms with van der Waals surface area (Å²) in [4.78, 5) is 31.3. The van der Waals surface area contributed by atoms with Gasteiger partial charge in [-0.05, 0) is 77.7 Å². The summed E-state index contributed by atoms with van der Waals surface area (Å²) < 4.78 is 27.7. The molecule has 11 nitrogen and oxygen atoms in total. The van der Waals surface area contributed by atoms with E-state index in [9.17, 15) is 9.59 Å². The van der Waals surface area contributed by atoms with E-state index in [1.54, 1.807) is 12.1 Å². The summed E-state index contributed by atoms with van der Waals surface area (Å²) in [5.74, 6) is 0.608. The van der Waals surface area contributed by atoms with Crippen molar-refractivity contribution >= 4 is 12.1 Å². The molecule has 0 bridgehead atoms. The first-order valence-electron chi connectivity index (χ1n) is 13.2. The van der Waals surface area contributed by atoms with Crippen molar-refractivity contribution in [2.24, 2.45) is 5.11 Å². The molecule has 0 radical (unpaired) electrons. The third-order valence-electron chi connectivity index (χ3n) is 7.11. The van der Waals surface area contributed by atoms with E-state index in [1.807, 2.05) is 25.7 Å². The summed E-state index contributed by atoms with van der Waals surface area (Å²) in [5, 5.41) is 3.86. The molecule has 0 N–H and O–H groups in total. The Balaban J connectivity index is 1.69. The number of hydrogen-bond acceptors (Lipinski definition) is 8. The Morgan fingerprint density at radius 2 is 1.42 bits per heavy atom. The van der Waals surface area contributed by atoms with Crippen LogP contribution in [-0.4, -0.2) is 68.1 Å². The highest BCUT2D eigenvalue weighted by Crippen LogP contribution is 2.37. The lowest BCUT2D eigenvalue weighted by atomic mass is 9.86. The molecule has 0 spiro atoms. The lowest BCUT2D eigenvalue weighted by molar-refractivity contribution is -0.0195. The average Bonchev–Trinajstić information content (AvgIpc) is 2.89. The first-order valence-corrected chi connectivity index (χ1v) is 13.2. The molecule has 38 heavy (non-hydrogen) atoms. The van der Waals surface area contributed by atoms with Gasteiger partial charge in [0.25, 0.3) is 0 Å². The molecular formula is C27H40N4O7. The Morgan fingerprint density at radius 3 is 1.87 bits per heavy atom. The van der Waals surface area contributed by atoms with Gasteiger partial charge in [-0.25, -0.2) is 9.59 Å². The van der Waals surface area contributed by atoms with E-state index < -0.39 is 11.6 Å². The summed E-state index contributed by atoms with van der Waals surface area (Å²) in [6.07, 6.45) is 4.99. The second-order valence-corrected chi connectivity index (χ2v) is 10.8. The van der Waals surface area contributed by atoms with Gasteiger partial charge < -0.3 is 28.6 Å². The van der Waals surface area contributed by atoms with Gasteiger partial charge in [-0.1, -0.05) is 5.11 Å². The molecule has 0 aromatic heterocycles. The van der Waals surface area contributed by atoms with Crippen molar-refractivity contribution in [1.82, 2.24) is 4.90 Å². The largest absolute Gasteiger partial charge is 0.496 e. The fraction of sp³-hybridized carbons (Fsp3) is 0.704. The third kappa shape index (κ3) is 7.37. The topological polar surface area (TPSA) is 132 Å². The zero-order valence-electron chi connectivity index (χ0n) is 23.3. The van der Waals surface area contributed by atoms with Gasteiger partial charge >= 0.3 is 12.1 Å². The minimum atomic E-state index is -0.610. The number of benzene rings is 1. The van der Waals surface area contributed by atoms with Crippen LogP contribution in [0, 0.1) is 0 Å². The summed E-state index contributed by atoms with van der Waals surface area (Å²) in [6, 6.07) is 3.20. The van der Waals surface area contributed by atoms with Crippen LogP contribution in [0.25, 0.3) is 10.4 Å². The van der Waals surface area contributed by atoms with Crippen LogP contribution in [0.5, 0.6) is 17.2 Å². The third-order valence-corrected chi connectivity index (χ3v) is 7.11. The number of hydrogen-bond donors (Lipinski definition) is 0. The Bertz CT molecular complexity index is 994. The van der Waals surface area contributed by atoms with Gasteiger partial charge in [-0.3, -0.25) is 0 Å². The first kappa shape index (κ1) is 29.2. The SMILES string of the molecule is COc1cc(OC)c(C(=O)OC2CCC(N(C(=O)OC(C)(C)C)C3CCC(N=[N+]=[N-])CC3)CC2)c(OC)c1. The van der Waals surface area contributed by atoms with Crippen LogP contribution in [0.1, 0.15) is 82.5 Å². The summed E-state index contributed by atoms with van der Waals surface area (Å²) >= 11 is 0. The van der Waals surface area contributed by atoms with E-state index >= 15 is 0 Å². The van der Waals surface area contributed by atoms with E-state index in [4.69, 9.17) is 29.2 Å². The van der Waals surface area contributed by atoms with Gasteiger partial charge in [0, 0.05) is 35.2 Å². The zero-order chi connectivity index (χ0) is 27.9. The van der Waals surface area contributed by atoms with Gasteiger partial charge in [0.2, 0.25) is 0 Å². The minimum Gasteiger partial charge on any atom is -0.496 e. The van der Waals surface area contributed by atoms with Crippen LogP contribution in [-0.2, 0) is 9.47 Å². The van der Waals surface area contributed by atoms with Crippen molar-refractivity contribution in [3.63, 3.8) is 0 Å². The average molecular weight is 533 g/mol. The molecule has 0 aliphatic heterocycles. The number of nitrogens with zero attached hydrogens (tertiary/aromatic N) is 4. The fourth-order valence-electron chi connectivity index (χ4n) is 5.29. The fourth-order valence-corrected chi connectivity index (χ4v) is 5.29. The number of esters is 1. The second-order valence-electron chi connectivity index (χ2n) is 10.8. The number of amides is 1. The molecule has 2 fully saturated rings.